The monoisotopic (exact) mass is 364 g/mol. The summed E-state index contributed by atoms with van der Waals surface area (Å²) in [7, 11) is 0. The van der Waals surface area contributed by atoms with Crippen molar-refractivity contribution in [1.82, 2.24) is 0 Å². The van der Waals surface area contributed by atoms with Gasteiger partial charge in [0.25, 0.3) is 0 Å². The number of ether oxygens (including phenoxy) is 4. The number of esters is 1. The fourth-order valence-electron chi connectivity index (χ4n) is 1.95. The highest BCUT2D eigenvalue weighted by molar-refractivity contribution is 5.81. The molecule has 0 spiro atoms. The average Bonchev–Trinajstić information content (AvgIpc) is 2.56. The lowest BCUT2D eigenvalue weighted by Crippen LogP contribution is -2.25. The Balaban J connectivity index is 2.16. The van der Waals surface area contributed by atoms with Gasteiger partial charge >= 0.3 is 12.1 Å². The zero-order chi connectivity index (χ0) is 19.4. The van der Waals surface area contributed by atoms with Crippen molar-refractivity contribution in [1.29, 1.82) is 0 Å². The first-order chi connectivity index (χ1) is 12.3. The lowest BCUT2D eigenvalue weighted by molar-refractivity contribution is -0.137. The predicted octanol–water partition coefficient (Wildman–Crippen LogP) is 4.67. The Labute approximate surface area is 155 Å². The zero-order valence-electron chi connectivity index (χ0n) is 15.8. The van der Waals surface area contributed by atoms with E-state index < -0.39 is 11.8 Å². The highest BCUT2D eigenvalue weighted by Gasteiger charge is 2.17. The van der Waals surface area contributed by atoms with Crippen LogP contribution in [0.15, 0.2) is 36.9 Å². The van der Waals surface area contributed by atoms with E-state index in [0.29, 0.717) is 24.7 Å². The Morgan fingerprint density at radius 3 is 2.12 bits per heavy atom. The molecule has 0 amide bonds. The minimum Gasteiger partial charge on any atom is -0.494 e. The van der Waals surface area contributed by atoms with Gasteiger partial charge in [-0.3, -0.25) is 0 Å². The van der Waals surface area contributed by atoms with E-state index in [2.05, 4.69) is 6.58 Å². The molecule has 0 aliphatic heterocycles. The molecular formula is C20H28O6. The van der Waals surface area contributed by atoms with Crippen LogP contribution >= 0.6 is 0 Å². The van der Waals surface area contributed by atoms with Gasteiger partial charge in [0.05, 0.1) is 13.2 Å². The summed E-state index contributed by atoms with van der Waals surface area (Å²) in [5, 5.41) is 0. The molecule has 0 fully saturated rings. The van der Waals surface area contributed by atoms with Gasteiger partial charge < -0.3 is 18.9 Å². The molecule has 1 aromatic carbocycles. The summed E-state index contributed by atoms with van der Waals surface area (Å²) in [6, 6.07) is 6.81. The van der Waals surface area contributed by atoms with Crippen LogP contribution in [0.25, 0.3) is 0 Å². The van der Waals surface area contributed by atoms with E-state index in [4.69, 9.17) is 18.9 Å². The van der Waals surface area contributed by atoms with Crippen LogP contribution in [0.5, 0.6) is 11.5 Å². The Morgan fingerprint density at radius 1 is 0.962 bits per heavy atom. The second-order valence-corrected chi connectivity index (χ2v) is 6.67. The molecule has 0 aliphatic rings. The third-order valence-corrected chi connectivity index (χ3v) is 3.13. The zero-order valence-corrected chi connectivity index (χ0v) is 15.8. The van der Waals surface area contributed by atoms with Gasteiger partial charge in [-0.1, -0.05) is 6.58 Å². The Kier molecular flexibility index (Phi) is 9.26. The predicted molar refractivity (Wildman–Crippen MR) is 98.4 cm³/mol. The summed E-state index contributed by atoms with van der Waals surface area (Å²) in [6.45, 7) is 9.69. The van der Waals surface area contributed by atoms with E-state index in [1.807, 2.05) is 0 Å². The first-order valence-electron chi connectivity index (χ1n) is 8.73. The van der Waals surface area contributed by atoms with Crippen molar-refractivity contribution in [3.63, 3.8) is 0 Å². The van der Waals surface area contributed by atoms with Gasteiger partial charge in [0.15, 0.2) is 0 Å². The van der Waals surface area contributed by atoms with Crippen molar-refractivity contribution in [3.8, 4) is 11.5 Å². The van der Waals surface area contributed by atoms with E-state index >= 15 is 0 Å². The molecule has 0 heterocycles. The summed E-state index contributed by atoms with van der Waals surface area (Å²) in [5.74, 6) is 0.731. The largest absolute Gasteiger partial charge is 0.514 e. The first-order valence-corrected chi connectivity index (χ1v) is 8.73. The van der Waals surface area contributed by atoms with Gasteiger partial charge in [-0.2, -0.15) is 0 Å². The van der Waals surface area contributed by atoms with E-state index in [1.165, 1.54) is 0 Å². The molecule has 6 nitrogen and oxygen atoms in total. The maximum Gasteiger partial charge on any atom is 0.514 e. The molecule has 6 heteroatoms. The molecule has 1 aromatic rings. The summed E-state index contributed by atoms with van der Waals surface area (Å²) in [5.41, 5.74) is -0.590. The molecule has 0 aromatic heterocycles. The molecule has 1 rings (SSSR count). The normalized spacial score (nSPS) is 10.7. The van der Waals surface area contributed by atoms with Gasteiger partial charge in [0.2, 0.25) is 0 Å². The molecule has 0 N–H and O–H groups in total. The molecular weight excluding hydrogens is 336 g/mol. The third kappa shape index (κ3) is 10.4. The Bertz CT molecular complexity index is 571. The van der Waals surface area contributed by atoms with Gasteiger partial charge in [-0.05, 0) is 70.7 Å². The van der Waals surface area contributed by atoms with Crippen molar-refractivity contribution in [2.24, 2.45) is 0 Å². The van der Waals surface area contributed by atoms with Crippen molar-refractivity contribution in [3.05, 3.63) is 36.9 Å². The minimum atomic E-state index is -0.732. The van der Waals surface area contributed by atoms with Crippen LogP contribution in [0, 0.1) is 0 Å². The fourth-order valence-corrected chi connectivity index (χ4v) is 1.95. The molecule has 0 unspecified atom stereocenters. The molecule has 0 radical (unpaired) electrons. The number of hydrogen-bond acceptors (Lipinski definition) is 6. The maximum absolute atomic E-state index is 11.6. The highest BCUT2D eigenvalue weighted by Crippen LogP contribution is 2.19. The summed E-state index contributed by atoms with van der Waals surface area (Å²) >= 11 is 0. The lowest BCUT2D eigenvalue weighted by atomic mass is 10.2. The standard InChI is InChI=1S/C20H28O6/c1-5-18(21)24-15-9-7-6-8-14-23-16-10-12-17(13-11-16)25-19(22)26-20(2,3)4/h5,10-13H,1,6-9,14-15H2,2-4H3. The third-order valence-electron chi connectivity index (χ3n) is 3.13. The Morgan fingerprint density at radius 2 is 1.54 bits per heavy atom. The number of rotatable bonds is 10. The maximum atomic E-state index is 11.6. The van der Waals surface area contributed by atoms with Crippen LogP contribution in [-0.2, 0) is 14.3 Å². The van der Waals surface area contributed by atoms with Crippen molar-refractivity contribution >= 4 is 12.1 Å². The molecule has 0 saturated heterocycles. The van der Waals surface area contributed by atoms with Gasteiger partial charge in [0.1, 0.15) is 17.1 Å². The highest BCUT2D eigenvalue weighted by atomic mass is 16.7. The van der Waals surface area contributed by atoms with Crippen LogP contribution in [0.4, 0.5) is 4.79 Å². The van der Waals surface area contributed by atoms with Crippen molar-refractivity contribution in [2.45, 2.75) is 52.1 Å². The minimum absolute atomic E-state index is 0.382. The molecule has 0 saturated carbocycles. The second kappa shape index (κ2) is 11.2. The van der Waals surface area contributed by atoms with Crippen LogP contribution in [0.3, 0.4) is 0 Å². The molecule has 0 aliphatic carbocycles. The van der Waals surface area contributed by atoms with E-state index in [9.17, 15) is 9.59 Å². The number of benzene rings is 1. The van der Waals surface area contributed by atoms with Gasteiger partial charge in [-0.15, -0.1) is 0 Å². The van der Waals surface area contributed by atoms with E-state index in [1.54, 1.807) is 45.0 Å². The quantitative estimate of drug-likeness (QED) is 0.260. The number of hydrogen-bond donors (Lipinski definition) is 0. The summed E-state index contributed by atoms with van der Waals surface area (Å²) < 4.78 is 20.7. The number of unbranched alkanes of at least 4 members (excludes halogenated alkanes) is 3. The average molecular weight is 364 g/mol. The van der Waals surface area contributed by atoms with Gasteiger partial charge in [-0.25, -0.2) is 9.59 Å². The lowest BCUT2D eigenvalue weighted by Gasteiger charge is -2.18. The molecule has 26 heavy (non-hydrogen) atoms. The molecule has 0 atom stereocenters. The topological polar surface area (TPSA) is 71.1 Å². The van der Waals surface area contributed by atoms with Crippen LogP contribution < -0.4 is 9.47 Å². The van der Waals surface area contributed by atoms with Gasteiger partial charge in [0, 0.05) is 6.08 Å². The summed E-state index contributed by atoms with van der Waals surface area (Å²) in [4.78, 5) is 22.4. The van der Waals surface area contributed by atoms with Crippen LogP contribution in [0.2, 0.25) is 0 Å². The molecule has 144 valence electrons. The van der Waals surface area contributed by atoms with Crippen LogP contribution in [0.1, 0.15) is 46.5 Å². The first kappa shape index (κ1) is 21.5. The van der Waals surface area contributed by atoms with E-state index in [-0.39, 0.29) is 5.97 Å². The van der Waals surface area contributed by atoms with E-state index in [0.717, 1.165) is 31.8 Å². The number of carbonyl (C=O) groups excluding carboxylic acids is 2. The SMILES string of the molecule is C=CC(=O)OCCCCCCOc1ccc(OC(=O)OC(C)(C)C)cc1. The number of carbonyl (C=O) groups is 2. The smallest absolute Gasteiger partial charge is 0.494 e. The summed E-state index contributed by atoms with van der Waals surface area (Å²) in [6.07, 6.45) is 4.13. The fraction of sp³-hybridized carbons (Fsp3) is 0.500. The Hall–Kier alpha value is -2.50. The molecule has 0 bridgehead atoms. The second-order valence-electron chi connectivity index (χ2n) is 6.67. The van der Waals surface area contributed by atoms with Crippen molar-refractivity contribution in [2.75, 3.05) is 13.2 Å². The van der Waals surface area contributed by atoms with Crippen molar-refractivity contribution < 1.29 is 28.5 Å². The van der Waals surface area contributed by atoms with Crippen LogP contribution in [-0.4, -0.2) is 30.9 Å².